The summed E-state index contributed by atoms with van der Waals surface area (Å²) in [6.07, 6.45) is 3.27. The van der Waals surface area contributed by atoms with E-state index in [1.54, 1.807) is 21.3 Å². The molecule has 3 aromatic rings. The van der Waals surface area contributed by atoms with E-state index in [-0.39, 0.29) is 6.04 Å². The monoisotopic (exact) mass is 392 g/mol. The molecule has 4 rings (SSSR count). The van der Waals surface area contributed by atoms with Gasteiger partial charge in [0.15, 0.2) is 0 Å². The molecule has 0 spiro atoms. The van der Waals surface area contributed by atoms with E-state index < -0.39 is 0 Å². The molecule has 0 N–H and O–H groups in total. The van der Waals surface area contributed by atoms with Crippen LogP contribution >= 0.6 is 0 Å². The van der Waals surface area contributed by atoms with Gasteiger partial charge in [-0.05, 0) is 42.3 Å². The van der Waals surface area contributed by atoms with Gasteiger partial charge in [0.2, 0.25) is 0 Å². The lowest BCUT2D eigenvalue weighted by Gasteiger charge is -2.31. The normalized spacial score (nSPS) is 16.7. The molecule has 1 atom stereocenters. The zero-order valence-corrected chi connectivity index (χ0v) is 17.3. The van der Waals surface area contributed by atoms with Crippen molar-refractivity contribution in [3.63, 3.8) is 0 Å². The highest BCUT2D eigenvalue weighted by Gasteiger charge is 2.29. The molecule has 29 heavy (non-hydrogen) atoms. The van der Waals surface area contributed by atoms with Crippen molar-refractivity contribution < 1.29 is 14.2 Å². The van der Waals surface area contributed by atoms with Crippen molar-refractivity contribution in [2.45, 2.75) is 25.6 Å². The maximum absolute atomic E-state index is 5.73. The van der Waals surface area contributed by atoms with Crippen LogP contribution in [0.1, 0.15) is 29.3 Å². The van der Waals surface area contributed by atoms with E-state index in [0.717, 1.165) is 43.3 Å². The lowest BCUT2D eigenvalue weighted by molar-refractivity contribution is 0.216. The number of nitrogens with zero attached hydrogens (tertiary/aromatic N) is 2. The third-order valence-corrected chi connectivity index (χ3v) is 5.58. The van der Waals surface area contributed by atoms with Gasteiger partial charge in [-0.2, -0.15) is 0 Å². The highest BCUT2D eigenvalue weighted by atomic mass is 16.5. The first-order valence-electron chi connectivity index (χ1n) is 9.97. The lowest BCUT2D eigenvalue weighted by atomic mass is 10.00. The first kappa shape index (κ1) is 19.4. The number of ether oxygens (including phenoxy) is 3. The molecular weight excluding hydrogens is 364 g/mol. The number of hydrogen-bond acceptors (Lipinski definition) is 4. The van der Waals surface area contributed by atoms with Gasteiger partial charge in [-0.15, -0.1) is 0 Å². The maximum atomic E-state index is 5.73. The fourth-order valence-electron chi connectivity index (χ4n) is 4.25. The molecular formula is C24H28N2O3. The zero-order valence-electron chi connectivity index (χ0n) is 17.3. The SMILES string of the molecule is COc1cc(CN2CCCn3cccc3[C@H]2c2ccccc2OC)cc(OC)c1. The van der Waals surface area contributed by atoms with Gasteiger partial charge in [-0.3, -0.25) is 4.90 Å². The smallest absolute Gasteiger partial charge is 0.124 e. The molecule has 0 amide bonds. The van der Waals surface area contributed by atoms with E-state index >= 15 is 0 Å². The maximum Gasteiger partial charge on any atom is 0.124 e. The van der Waals surface area contributed by atoms with Gasteiger partial charge in [0, 0.05) is 43.2 Å². The van der Waals surface area contributed by atoms with Crippen LogP contribution in [-0.4, -0.2) is 37.3 Å². The number of aryl methyl sites for hydroxylation is 1. The van der Waals surface area contributed by atoms with E-state index in [0.29, 0.717) is 0 Å². The van der Waals surface area contributed by atoms with Crippen molar-refractivity contribution in [2.75, 3.05) is 27.9 Å². The van der Waals surface area contributed by atoms with Crippen molar-refractivity contribution >= 4 is 0 Å². The molecule has 5 nitrogen and oxygen atoms in total. The van der Waals surface area contributed by atoms with E-state index in [2.05, 4.69) is 52.1 Å². The summed E-state index contributed by atoms with van der Waals surface area (Å²) in [4.78, 5) is 2.52. The van der Waals surface area contributed by atoms with Gasteiger partial charge in [0.25, 0.3) is 0 Å². The Bertz CT molecular complexity index is 944. The van der Waals surface area contributed by atoms with Crippen LogP contribution < -0.4 is 14.2 Å². The van der Waals surface area contributed by atoms with Gasteiger partial charge in [-0.1, -0.05) is 18.2 Å². The number of rotatable bonds is 6. The predicted octanol–water partition coefficient (Wildman–Crippen LogP) is 4.51. The molecule has 5 heteroatoms. The quantitative estimate of drug-likeness (QED) is 0.618. The number of methoxy groups -OCH3 is 3. The van der Waals surface area contributed by atoms with Gasteiger partial charge in [-0.25, -0.2) is 0 Å². The van der Waals surface area contributed by atoms with Crippen LogP contribution in [0, 0.1) is 0 Å². The van der Waals surface area contributed by atoms with E-state index in [1.807, 2.05) is 18.2 Å². The molecule has 0 radical (unpaired) electrons. The fourth-order valence-corrected chi connectivity index (χ4v) is 4.25. The molecule has 0 saturated heterocycles. The van der Waals surface area contributed by atoms with Crippen LogP contribution in [0.3, 0.4) is 0 Å². The molecule has 152 valence electrons. The van der Waals surface area contributed by atoms with Gasteiger partial charge >= 0.3 is 0 Å². The third-order valence-electron chi connectivity index (χ3n) is 5.58. The number of benzene rings is 2. The molecule has 0 bridgehead atoms. The highest BCUT2D eigenvalue weighted by Crippen LogP contribution is 2.38. The lowest BCUT2D eigenvalue weighted by Crippen LogP contribution is -2.29. The summed E-state index contributed by atoms with van der Waals surface area (Å²) < 4.78 is 19.1. The minimum absolute atomic E-state index is 0.112. The van der Waals surface area contributed by atoms with Crippen molar-refractivity contribution in [2.24, 2.45) is 0 Å². The van der Waals surface area contributed by atoms with Crippen LogP contribution in [-0.2, 0) is 13.1 Å². The summed E-state index contributed by atoms with van der Waals surface area (Å²) in [7, 11) is 5.12. The second kappa shape index (κ2) is 8.62. The fraction of sp³-hybridized carbons (Fsp3) is 0.333. The van der Waals surface area contributed by atoms with E-state index in [1.165, 1.54) is 16.8 Å². The second-order valence-corrected chi connectivity index (χ2v) is 7.32. The topological polar surface area (TPSA) is 35.9 Å². The predicted molar refractivity (Wildman–Crippen MR) is 114 cm³/mol. The largest absolute Gasteiger partial charge is 0.497 e. The summed E-state index contributed by atoms with van der Waals surface area (Å²) in [5.41, 5.74) is 3.65. The van der Waals surface area contributed by atoms with Crippen molar-refractivity contribution in [1.82, 2.24) is 9.47 Å². The second-order valence-electron chi connectivity index (χ2n) is 7.32. The Morgan fingerprint density at radius 1 is 0.862 bits per heavy atom. The van der Waals surface area contributed by atoms with Gasteiger partial charge in [0.1, 0.15) is 17.2 Å². The number of para-hydroxylation sites is 1. The van der Waals surface area contributed by atoms with E-state index in [9.17, 15) is 0 Å². The van der Waals surface area contributed by atoms with E-state index in [4.69, 9.17) is 14.2 Å². The summed E-state index contributed by atoms with van der Waals surface area (Å²) in [6, 6.07) is 18.9. The Morgan fingerprint density at radius 2 is 1.62 bits per heavy atom. The van der Waals surface area contributed by atoms with Crippen LogP contribution in [0.4, 0.5) is 0 Å². The molecule has 1 aliphatic heterocycles. The zero-order chi connectivity index (χ0) is 20.2. The Hall–Kier alpha value is -2.92. The molecule has 1 aromatic heterocycles. The summed E-state index contributed by atoms with van der Waals surface area (Å²) >= 11 is 0. The summed E-state index contributed by atoms with van der Waals surface area (Å²) in [5.74, 6) is 2.54. The van der Waals surface area contributed by atoms with Crippen LogP contribution in [0.5, 0.6) is 17.2 Å². The molecule has 2 aromatic carbocycles. The minimum Gasteiger partial charge on any atom is -0.497 e. The molecule has 1 aliphatic rings. The van der Waals surface area contributed by atoms with Gasteiger partial charge < -0.3 is 18.8 Å². The number of fused-ring (bicyclic) bond motifs is 1. The number of hydrogen-bond donors (Lipinski definition) is 0. The first-order valence-corrected chi connectivity index (χ1v) is 9.97. The molecule has 0 saturated carbocycles. The minimum atomic E-state index is 0.112. The summed E-state index contributed by atoms with van der Waals surface area (Å²) in [5, 5.41) is 0. The average molecular weight is 392 g/mol. The Balaban J connectivity index is 1.77. The van der Waals surface area contributed by atoms with Crippen molar-refractivity contribution in [3.8, 4) is 17.2 Å². The third kappa shape index (κ3) is 3.96. The molecule has 0 unspecified atom stereocenters. The Labute approximate surface area is 172 Å². The average Bonchev–Trinajstić information content (AvgIpc) is 3.15. The Morgan fingerprint density at radius 3 is 2.34 bits per heavy atom. The van der Waals surface area contributed by atoms with Crippen LogP contribution in [0.2, 0.25) is 0 Å². The van der Waals surface area contributed by atoms with Crippen molar-refractivity contribution in [3.05, 3.63) is 77.6 Å². The van der Waals surface area contributed by atoms with Crippen LogP contribution in [0.15, 0.2) is 60.8 Å². The highest BCUT2D eigenvalue weighted by molar-refractivity contribution is 5.42. The molecule has 2 heterocycles. The number of aromatic nitrogens is 1. The van der Waals surface area contributed by atoms with Crippen LogP contribution in [0.25, 0.3) is 0 Å². The standard InChI is InChI=1S/C24H28N2O3/c1-27-19-14-18(15-20(16-19)28-2)17-26-13-7-12-25-11-6-9-22(25)24(26)21-8-4-5-10-23(21)29-3/h4-6,8-11,14-16,24H,7,12-13,17H2,1-3H3/t24-/m1/s1. The Kier molecular flexibility index (Phi) is 5.76. The van der Waals surface area contributed by atoms with Crippen molar-refractivity contribution in [1.29, 1.82) is 0 Å². The molecule has 0 aliphatic carbocycles. The molecule has 0 fully saturated rings. The summed E-state index contributed by atoms with van der Waals surface area (Å²) in [6.45, 7) is 2.80. The van der Waals surface area contributed by atoms with Gasteiger partial charge in [0.05, 0.1) is 27.4 Å². The first-order chi connectivity index (χ1) is 14.2.